The SMILES string of the molecule is O=C(O)CNCCNC(=O)O. The quantitative estimate of drug-likeness (QED) is 0.386. The predicted octanol–water partition coefficient (Wildman–Crippen LogP) is -1.07. The number of hydrogen-bond acceptors (Lipinski definition) is 3. The number of aliphatic carboxylic acids is 1. The lowest BCUT2D eigenvalue weighted by Gasteiger charge is -2.00. The molecule has 0 spiro atoms. The van der Waals surface area contributed by atoms with E-state index in [0.717, 1.165) is 0 Å². The van der Waals surface area contributed by atoms with Crippen molar-refractivity contribution < 1.29 is 19.8 Å². The van der Waals surface area contributed by atoms with Gasteiger partial charge in [-0.25, -0.2) is 4.79 Å². The van der Waals surface area contributed by atoms with Gasteiger partial charge >= 0.3 is 12.1 Å². The minimum atomic E-state index is -1.11. The first kappa shape index (κ1) is 9.70. The van der Waals surface area contributed by atoms with Crippen LogP contribution < -0.4 is 10.6 Å². The van der Waals surface area contributed by atoms with Crippen LogP contribution in [-0.4, -0.2) is 41.9 Å². The molecular formula is C5H10N2O4. The van der Waals surface area contributed by atoms with E-state index in [0.29, 0.717) is 6.54 Å². The molecule has 0 radical (unpaired) electrons. The summed E-state index contributed by atoms with van der Waals surface area (Å²) in [6.07, 6.45) is -1.11. The smallest absolute Gasteiger partial charge is 0.404 e. The van der Waals surface area contributed by atoms with Crippen molar-refractivity contribution in [2.45, 2.75) is 0 Å². The topological polar surface area (TPSA) is 98.7 Å². The van der Waals surface area contributed by atoms with Gasteiger partial charge in [-0.2, -0.15) is 0 Å². The van der Waals surface area contributed by atoms with Gasteiger partial charge in [0.05, 0.1) is 6.54 Å². The molecule has 6 nitrogen and oxygen atoms in total. The molecule has 0 rings (SSSR count). The standard InChI is InChI=1S/C5H10N2O4/c8-4(9)3-6-1-2-7-5(10)11/h6-7H,1-3H2,(H,8,9)(H,10,11). The third-order valence-electron chi connectivity index (χ3n) is 0.854. The van der Waals surface area contributed by atoms with Crippen molar-refractivity contribution >= 4 is 12.1 Å². The molecule has 4 N–H and O–H groups in total. The lowest BCUT2D eigenvalue weighted by Crippen LogP contribution is -2.33. The number of carbonyl (C=O) groups is 2. The summed E-state index contributed by atoms with van der Waals surface area (Å²) in [5, 5.41) is 20.8. The molecule has 0 aliphatic heterocycles. The first-order valence-corrected chi connectivity index (χ1v) is 3.02. The van der Waals surface area contributed by atoms with Gasteiger partial charge in [-0.05, 0) is 0 Å². The highest BCUT2D eigenvalue weighted by atomic mass is 16.4. The zero-order chi connectivity index (χ0) is 8.69. The van der Waals surface area contributed by atoms with Crippen molar-refractivity contribution in [1.29, 1.82) is 0 Å². The van der Waals surface area contributed by atoms with Gasteiger partial charge in [0.25, 0.3) is 0 Å². The Labute approximate surface area is 63.2 Å². The van der Waals surface area contributed by atoms with Crippen LogP contribution in [0.25, 0.3) is 0 Å². The zero-order valence-electron chi connectivity index (χ0n) is 5.83. The van der Waals surface area contributed by atoms with Crippen LogP contribution in [0.4, 0.5) is 4.79 Å². The molecule has 0 bridgehead atoms. The molecule has 0 fully saturated rings. The van der Waals surface area contributed by atoms with Crippen LogP contribution in [0.1, 0.15) is 0 Å². The molecule has 1 amide bonds. The van der Waals surface area contributed by atoms with E-state index in [9.17, 15) is 9.59 Å². The van der Waals surface area contributed by atoms with E-state index in [1.807, 2.05) is 0 Å². The molecule has 0 aromatic heterocycles. The average Bonchev–Trinajstić information content (AvgIpc) is 1.85. The van der Waals surface area contributed by atoms with E-state index in [4.69, 9.17) is 10.2 Å². The van der Waals surface area contributed by atoms with Gasteiger partial charge < -0.3 is 20.8 Å². The summed E-state index contributed by atoms with van der Waals surface area (Å²) < 4.78 is 0. The molecule has 0 saturated heterocycles. The van der Waals surface area contributed by atoms with Crippen molar-refractivity contribution in [2.75, 3.05) is 19.6 Å². The first-order chi connectivity index (χ1) is 5.13. The Morgan fingerprint density at radius 1 is 1.18 bits per heavy atom. The van der Waals surface area contributed by atoms with Crippen LogP contribution in [0.2, 0.25) is 0 Å². The van der Waals surface area contributed by atoms with Crippen LogP contribution in [0, 0.1) is 0 Å². The molecule has 0 aliphatic carbocycles. The summed E-state index contributed by atoms with van der Waals surface area (Å²) in [5.74, 6) is -0.958. The highest BCUT2D eigenvalue weighted by Gasteiger charge is 1.95. The fraction of sp³-hybridized carbons (Fsp3) is 0.600. The van der Waals surface area contributed by atoms with Gasteiger partial charge in [-0.15, -0.1) is 0 Å². The fourth-order valence-electron chi connectivity index (χ4n) is 0.453. The highest BCUT2D eigenvalue weighted by Crippen LogP contribution is 1.62. The van der Waals surface area contributed by atoms with Gasteiger partial charge in [0.15, 0.2) is 0 Å². The summed E-state index contributed by atoms with van der Waals surface area (Å²) in [4.78, 5) is 19.7. The van der Waals surface area contributed by atoms with E-state index in [1.165, 1.54) is 0 Å². The molecule has 0 heterocycles. The molecule has 0 saturated carbocycles. The lowest BCUT2D eigenvalue weighted by atomic mass is 10.5. The lowest BCUT2D eigenvalue weighted by molar-refractivity contribution is -0.135. The van der Waals surface area contributed by atoms with E-state index < -0.39 is 12.1 Å². The third-order valence-corrected chi connectivity index (χ3v) is 0.854. The number of hydrogen-bond donors (Lipinski definition) is 4. The molecule has 0 atom stereocenters. The Morgan fingerprint density at radius 2 is 1.82 bits per heavy atom. The Kier molecular flexibility index (Phi) is 4.83. The Morgan fingerprint density at radius 3 is 2.27 bits per heavy atom. The summed E-state index contributed by atoms with van der Waals surface area (Å²) in [7, 11) is 0. The molecular weight excluding hydrogens is 152 g/mol. The van der Waals surface area contributed by atoms with Crippen molar-refractivity contribution in [3.63, 3.8) is 0 Å². The molecule has 11 heavy (non-hydrogen) atoms. The van der Waals surface area contributed by atoms with Gasteiger partial charge in [0, 0.05) is 13.1 Å². The minimum absolute atomic E-state index is 0.151. The monoisotopic (exact) mass is 162 g/mol. The molecule has 0 aliphatic rings. The van der Waals surface area contributed by atoms with Crippen LogP contribution in [0.3, 0.4) is 0 Å². The summed E-state index contributed by atoms with van der Waals surface area (Å²) in [5.41, 5.74) is 0. The van der Waals surface area contributed by atoms with Gasteiger partial charge in [0.2, 0.25) is 0 Å². The molecule has 64 valence electrons. The largest absolute Gasteiger partial charge is 0.480 e. The highest BCUT2D eigenvalue weighted by molar-refractivity contribution is 5.69. The van der Waals surface area contributed by atoms with Crippen molar-refractivity contribution in [1.82, 2.24) is 10.6 Å². The minimum Gasteiger partial charge on any atom is -0.480 e. The Hall–Kier alpha value is -1.30. The van der Waals surface area contributed by atoms with Gasteiger partial charge in [-0.1, -0.05) is 0 Å². The van der Waals surface area contributed by atoms with E-state index in [-0.39, 0.29) is 13.1 Å². The third kappa shape index (κ3) is 8.70. The zero-order valence-corrected chi connectivity index (χ0v) is 5.83. The Bertz CT molecular complexity index is 131. The summed E-state index contributed by atoms with van der Waals surface area (Å²) in [6, 6.07) is 0. The maximum absolute atomic E-state index is 9.90. The normalized spacial score (nSPS) is 9.09. The molecule has 0 aromatic carbocycles. The van der Waals surface area contributed by atoms with Gasteiger partial charge in [-0.3, -0.25) is 4.79 Å². The second-order valence-electron chi connectivity index (χ2n) is 1.80. The maximum atomic E-state index is 9.90. The Balaban J connectivity index is 3.03. The fourth-order valence-corrected chi connectivity index (χ4v) is 0.453. The van der Waals surface area contributed by atoms with Crippen LogP contribution in [0.15, 0.2) is 0 Å². The number of rotatable bonds is 5. The van der Waals surface area contributed by atoms with Crippen molar-refractivity contribution in [3.05, 3.63) is 0 Å². The molecule has 0 unspecified atom stereocenters. The molecule has 0 aromatic rings. The van der Waals surface area contributed by atoms with Gasteiger partial charge in [0.1, 0.15) is 0 Å². The second-order valence-corrected chi connectivity index (χ2v) is 1.80. The van der Waals surface area contributed by atoms with Crippen molar-refractivity contribution in [3.8, 4) is 0 Å². The summed E-state index contributed by atoms with van der Waals surface area (Å²) >= 11 is 0. The summed E-state index contributed by atoms with van der Waals surface area (Å²) in [6.45, 7) is 0.377. The first-order valence-electron chi connectivity index (χ1n) is 3.02. The van der Waals surface area contributed by atoms with Crippen LogP contribution in [-0.2, 0) is 4.79 Å². The van der Waals surface area contributed by atoms with E-state index >= 15 is 0 Å². The molecule has 6 heteroatoms. The second kappa shape index (κ2) is 5.48. The van der Waals surface area contributed by atoms with E-state index in [2.05, 4.69) is 10.6 Å². The number of amides is 1. The maximum Gasteiger partial charge on any atom is 0.404 e. The number of carboxylic acids is 1. The number of nitrogens with one attached hydrogen (secondary N) is 2. The van der Waals surface area contributed by atoms with Crippen LogP contribution >= 0.6 is 0 Å². The van der Waals surface area contributed by atoms with Crippen LogP contribution in [0.5, 0.6) is 0 Å². The van der Waals surface area contributed by atoms with Crippen molar-refractivity contribution in [2.24, 2.45) is 0 Å². The predicted molar refractivity (Wildman–Crippen MR) is 36.5 cm³/mol. The average molecular weight is 162 g/mol. The van der Waals surface area contributed by atoms with E-state index in [1.54, 1.807) is 0 Å². The number of carboxylic acid groups (broad SMARTS) is 2.